The Morgan fingerprint density at radius 3 is 2.57 bits per heavy atom. The summed E-state index contributed by atoms with van der Waals surface area (Å²) in [6.45, 7) is 0.515. The van der Waals surface area contributed by atoms with E-state index in [1.807, 2.05) is 11.8 Å². The summed E-state index contributed by atoms with van der Waals surface area (Å²) in [5, 5.41) is 7.52. The second-order valence-electron chi connectivity index (χ2n) is 6.67. The van der Waals surface area contributed by atoms with E-state index in [4.69, 9.17) is 22.7 Å². The molecule has 0 unspecified atom stereocenters. The van der Waals surface area contributed by atoms with Crippen molar-refractivity contribution in [3.05, 3.63) is 46.6 Å². The normalized spacial score (nSPS) is 16.1. The van der Waals surface area contributed by atoms with Crippen LogP contribution in [-0.4, -0.2) is 40.7 Å². The van der Waals surface area contributed by atoms with Gasteiger partial charge in [-0.25, -0.2) is 0 Å². The van der Waals surface area contributed by atoms with Crippen LogP contribution in [0.1, 0.15) is 24.8 Å². The molecule has 0 bridgehead atoms. The van der Waals surface area contributed by atoms with E-state index in [1.54, 1.807) is 24.3 Å². The van der Waals surface area contributed by atoms with Gasteiger partial charge in [-0.05, 0) is 54.4 Å². The topological polar surface area (TPSA) is 70.2 Å². The Labute approximate surface area is 171 Å². The minimum absolute atomic E-state index is 0.147. The highest BCUT2D eigenvalue weighted by Gasteiger charge is 2.33. The largest absolute Gasteiger partial charge is 0.432 e. The zero-order valence-corrected chi connectivity index (χ0v) is 16.8. The van der Waals surface area contributed by atoms with Crippen LogP contribution in [-0.2, 0) is 11.3 Å². The minimum atomic E-state index is -4.85. The lowest BCUT2D eigenvalue weighted by Gasteiger charge is -2.27. The van der Waals surface area contributed by atoms with Gasteiger partial charge in [-0.3, -0.25) is 10.2 Å². The van der Waals surface area contributed by atoms with E-state index in [-0.39, 0.29) is 6.54 Å². The molecule has 0 saturated carbocycles. The summed E-state index contributed by atoms with van der Waals surface area (Å²) in [5.74, 6) is 1.91. The van der Waals surface area contributed by atoms with Gasteiger partial charge in [0.1, 0.15) is 5.71 Å². The summed E-state index contributed by atoms with van der Waals surface area (Å²) in [7, 11) is 0. The Balaban J connectivity index is 2.15. The maximum absolute atomic E-state index is 12.7. The number of amides is 1. The molecule has 0 atom stereocenters. The van der Waals surface area contributed by atoms with E-state index in [2.05, 4.69) is 0 Å². The van der Waals surface area contributed by atoms with Crippen LogP contribution >= 0.6 is 23.4 Å². The van der Waals surface area contributed by atoms with Gasteiger partial charge in [0, 0.05) is 18.1 Å². The summed E-state index contributed by atoms with van der Waals surface area (Å²) in [5.41, 5.74) is 4.04. The van der Waals surface area contributed by atoms with Crippen molar-refractivity contribution in [2.75, 3.05) is 18.1 Å². The van der Waals surface area contributed by atoms with Gasteiger partial charge >= 0.3 is 6.18 Å². The number of halogens is 4. The molecule has 1 amide bonds. The maximum Gasteiger partial charge on any atom is 0.432 e. The highest BCUT2D eigenvalue weighted by atomic mass is 35.5. The fraction of sp³-hybridized carbons (Fsp3) is 0.474. The predicted molar refractivity (Wildman–Crippen MR) is 108 cm³/mol. The van der Waals surface area contributed by atoms with E-state index < -0.39 is 23.5 Å². The maximum atomic E-state index is 12.7. The van der Waals surface area contributed by atoms with Crippen molar-refractivity contribution in [3.8, 4) is 0 Å². The van der Waals surface area contributed by atoms with Gasteiger partial charge in [0.05, 0.1) is 5.70 Å². The third-order valence-corrected chi connectivity index (χ3v) is 6.02. The number of hydrogen-bond donors (Lipinski definition) is 2. The molecule has 4 nitrogen and oxygen atoms in total. The number of rotatable bonds is 7. The molecule has 2 rings (SSSR count). The summed E-state index contributed by atoms with van der Waals surface area (Å²) < 4.78 is 37.8. The number of carbonyl (C=O) groups excluding carboxylic acids is 1. The number of thioether (sulfide) groups is 1. The van der Waals surface area contributed by atoms with E-state index >= 15 is 0 Å². The zero-order valence-electron chi connectivity index (χ0n) is 15.3. The van der Waals surface area contributed by atoms with E-state index in [0.29, 0.717) is 29.1 Å². The Morgan fingerprint density at radius 1 is 1.32 bits per heavy atom. The number of hydrogen-bond acceptors (Lipinski definition) is 4. The van der Waals surface area contributed by atoms with Crippen LogP contribution in [0.3, 0.4) is 0 Å². The van der Waals surface area contributed by atoms with Gasteiger partial charge in [-0.2, -0.15) is 24.9 Å². The van der Waals surface area contributed by atoms with Crippen LogP contribution in [0.4, 0.5) is 13.2 Å². The molecule has 1 aromatic carbocycles. The molecule has 1 aliphatic rings. The molecule has 1 fully saturated rings. The van der Waals surface area contributed by atoms with Crippen molar-refractivity contribution in [2.24, 2.45) is 11.7 Å². The summed E-state index contributed by atoms with van der Waals surface area (Å²) >= 11 is 8.08. The first kappa shape index (κ1) is 22.6. The third-order valence-electron chi connectivity index (χ3n) is 4.61. The second kappa shape index (κ2) is 10.2. The van der Waals surface area contributed by atoms with Gasteiger partial charge < -0.3 is 10.6 Å². The Morgan fingerprint density at radius 2 is 1.96 bits per heavy atom. The van der Waals surface area contributed by atoms with Crippen molar-refractivity contribution in [3.63, 3.8) is 0 Å². The molecular weight excluding hydrogens is 411 g/mol. The lowest BCUT2D eigenvalue weighted by Crippen LogP contribution is -2.37. The highest BCUT2D eigenvalue weighted by Crippen LogP contribution is 2.26. The molecule has 1 heterocycles. The summed E-state index contributed by atoms with van der Waals surface area (Å²) in [6.07, 6.45) is -1.61. The molecule has 28 heavy (non-hydrogen) atoms. The average Bonchev–Trinajstić information content (AvgIpc) is 2.66. The monoisotopic (exact) mass is 433 g/mol. The van der Waals surface area contributed by atoms with Gasteiger partial charge in [-0.15, -0.1) is 0 Å². The molecule has 1 aromatic rings. The molecule has 0 radical (unpaired) electrons. The molecule has 0 aromatic heterocycles. The zero-order chi connectivity index (χ0) is 20.7. The van der Waals surface area contributed by atoms with Crippen LogP contribution < -0.4 is 5.73 Å². The summed E-state index contributed by atoms with van der Waals surface area (Å²) in [6, 6.07) is 6.99. The molecule has 0 spiro atoms. The van der Waals surface area contributed by atoms with E-state index in [1.165, 1.54) is 4.90 Å². The molecular formula is C19H23ClF3N3OS. The number of nitrogens with one attached hydrogen (secondary N) is 1. The molecule has 3 N–H and O–H groups in total. The fourth-order valence-corrected chi connectivity index (χ4v) is 4.34. The van der Waals surface area contributed by atoms with Crippen LogP contribution in [0.2, 0.25) is 5.02 Å². The minimum Gasteiger partial charge on any atom is -0.394 e. The SMILES string of the molecule is N=C(/C=C(\N)C(=O)N(CCC1CCSCC1)Cc1ccccc1Cl)C(F)(F)F. The van der Waals surface area contributed by atoms with Crippen LogP contribution in [0.15, 0.2) is 36.0 Å². The number of carbonyl (C=O) groups is 1. The van der Waals surface area contributed by atoms with Gasteiger partial charge in [0.2, 0.25) is 0 Å². The Kier molecular flexibility index (Phi) is 8.24. The van der Waals surface area contributed by atoms with E-state index in [9.17, 15) is 18.0 Å². The third kappa shape index (κ3) is 6.74. The standard InChI is InChI=1S/C19H23ClF3N3OS/c20-15-4-2-1-3-14(15)12-26(8-5-13-6-9-28-10-7-13)18(27)16(24)11-17(25)19(21,22)23/h1-4,11,13,25H,5-10,12,24H2/b16-11-,25-17?. The van der Waals surface area contributed by atoms with Gasteiger partial charge in [0.25, 0.3) is 5.91 Å². The molecule has 1 aliphatic heterocycles. The van der Waals surface area contributed by atoms with Crippen molar-refractivity contribution < 1.29 is 18.0 Å². The number of benzene rings is 1. The summed E-state index contributed by atoms with van der Waals surface area (Å²) in [4.78, 5) is 14.1. The first-order valence-corrected chi connectivity index (χ1v) is 10.4. The number of allylic oxidation sites excluding steroid dienone is 1. The predicted octanol–water partition coefficient (Wildman–Crippen LogP) is 4.63. The quantitative estimate of drug-likeness (QED) is 0.486. The van der Waals surface area contributed by atoms with E-state index in [0.717, 1.165) is 30.8 Å². The molecule has 1 saturated heterocycles. The van der Waals surface area contributed by atoms with Crippen molar-refractivity contribution >= 4 is 35.0 Å². The van der Waals surface area contributed by atoms with Gasteiger partial charge in [0.15, 0.2) is 0 Å². The molecule has 154 valence electrons. The molecule has 0 aliphatic carbocycles. The molecule has 9 heteroatoms. The Bertz CT molecular complexity index is 733. The van der Waals surface area contributed by atoms with Crippen molar-refractivity contribution in [1.82, 2.24) is 4.90 Å². The van der Waals surface area contributed by atoms with Gasteiger partial charge in [-0.1, -0.05) is 29.8 Å². The fourth-order valence-electron chi connectivity index (χ4n) is 2.94. The smallest absolute Gasteiger partial charge is 0.394 e. The van der Waals surface area contributed by atoms with Crippen LogP contribution in [0.25, 0.3) is 0 Å². The second-order valence-corrected chi connectivity index (χ2v) is 8.31. The van der Waals surface area contributed by atoms with Crippen molar-refractivity contribution in [2.45, 2.75) is 32.0 Å². The van der Waals surface area contributed by atoms with Crippen molar-refractivity contribution in [1.29, 1.82) is 5.41 Å². The lowest BCUT2D eigenvalue weighted by atomic mass is 9.98. The number of nitrogens with two attached hydrogens (primary N) is 1. The highest BCUT2D eigenvalue weighted by molar-refractivity contribution is 7.99. The Hall–Kier alpha value is -1.67. The van der Waals surface area contributed by atoms with Crippen LogP contribution in [0, 0.1) is 11.3 Å². The van der Waals surface area contributed by atoms with Crippen LogP contribution in [0.5, 0.6) is 0 Å². The first-order valence-electron chi connectivity index (χ1n) is 8.92. The lowest BCUT2D eigenvalue weighted by molar-refractivity contribution is -0.128. The average molecular weight is 434 g/mol. The first-order chi connectivity index (χ1) is 13.2. The number of nitrogens with zero attached hydrogens (tertiary/aromatic N) is 1. The number of alkyl halides is 3.